The number of nitrogens with zero attached hydrogens (tertiary/aromatic N) is 2. The molecule has 0 aliphatic carbocycles. The van der Waals surface area contributed by atoms with E-state index in [2.05, 4.69) is 16.9 Å². The topological polar surface area (TPSA) is 46.9 Å². The first-order valence-corrected chi connectivity index (χ1v) is 8.51. The SMILES string of the molecule is C=CCn1c(SCC(=O)Nc2ccc(F)c(F)c2)nc2ccccc21. The molecule has 0 aliphatic rings. The molecule has 0 aliphatic heterocycles. The van der Waals surface area contributed by atoms with Crippen LogP contribution in [0.1, 0.15) is 0 Å². The van der Waals surface area contributed by atoms with Crippen molar-refractivity contribution in [3.05, 3.63) is 66.8 Å². The number of rotatable bonds is 6. The fourth-order valence-electron chi connectivity index (χ4n) is 2.37. The molecule has 0 saturated heterocycles. The molecule has 25 heavy (non-hydrogen) atoms. The number of nitrogens with one attached hydrogen (secondary N) is 1. The van der Waals surface area contributed by atoms with Gasteiger partial charge in [-0.2, -0.15) is 0 Å². The smallest absolute Gasteiger partial charge is 0.234 e. The van der Waals surface area contributed by atoms with Crippen LogP contribution in [0.4, 0.5) is 14.5 Å². The van der Waals surface area contributed by atoms with E-state index in [-0.39, 0.29) is 17.3 Å². The van der Waals surface area contributed by atoms with Crippen molar-refractivity contribution in [1.82, 2.24) is 9.55 Å². The van der Waals surface area contributed by atoms with Gasteiger partial charge >= 0.3 is 0 Å². The van der Waals surface area contributed by atoms with Crippen LogP contribution in [0, 0.1) is 11.6 Å². The molecule has 0 unspecified atom stereocenters. The highest BCUT2D eigenvalue weighted by atomic mass is 32.2. The van der Waals surface area contributed by atoms with Crippen molar-refractivity contribution in [3.8, 4) is 0 Å². The Morgan fingerprint density at radius 3 is 2.80 bits per heavy atom. The van der Waals surface area contributed by atoms with Gasteiger partial charge in [0.15, 0.2) is 16.8 Å². The highest BCUT2D eigenvalue weighted by Gasteiger charge is 2.12. The normalized spacial score (nSPS) is 10.8. The quantitative estimate of drug-likeness (QED) is 0.529. The van der Waals surface area contributed by atoms with Gasteiger partial charge in [-0.3, -0.25) is 4.79 Å². The summed E-state index contributed by atoms with van der Waals surface area (Å²) in [6.07, 6.45) is 1.76. The van der Waals surface area contributed by atoms with Crippen LogP contribution in [-0.2, 0) is 11.3 Å². The van der Waals surface area contributed by atoms with Crippen LogP contribution in [0.2, 0.25) is 0 Å². The first-order valence-electron chi connectivity index (χ1n) is 7.52. The second-order valence-corrected chi connectivity index (χ2v) is 6.19. The molecule has 7 heteroatoms. The molecule has 1 N–H and O–H groups in total. The number of carbonyl (C=O) groups excluding carboxylic acids is 1. The van der Waals surface area contributed by atoms with E-state index >= 15 is 0 Å². The van der Waals surface area contributed by atoms with E-state index in [1.165, 1.54) is 17.8 Å². The fraction of sp³-hybridized carbons (Fsp3) is 0.111. The highest BCUT2D eigenvalue weighted by Crippen LogP contribution is 2.24. The van der Waals surface area contributed by atoms with Crippen LogP contribution in [-0.4, -0.2) is 21.2 Å². The lowest BCUT2D eigenvalue weighted by atomic mass is 10.3. The summed E-state index contributed by atoms with van der Waals surface area (Å²) < 4.78 is 28.1. The summed E-state index contributed by atoms with van der Waals surface area (Å²) in [4.78, 5) is 16.6. The molecule has 0 radical (unpaired) electrons. The van der Waals surface area contributed by atoms with E-state index in [1.807, 2.05) is 28.8 Å². The summed E-state index contributed by atoms with van der Waals surface area (Å²) in [6, 6.07) is 10.9. The zero-order valence-electron chi connectivity index (χ0n) is 13.2. The molecule has 3 aromatic rings. The molecular formula is C18H15F2N3OS. The third-order valence-corrected chi connectivity index (χ3v) is 4.44. The van der Waals surface area contributed by atoms with Crippen molar-refractivity contribution < 1.29 is 13.6 Å². The number of allylic oxidation sites excluding steroid dienone is 1. The number of amides is 1. The Bertz CT molecular complexity index is 939. The Hall–Kier alpha value is -2.67. The summed E-state index contributed by atoms with van der Waals surface area (Å²) in [5.41, 5.74) is 2.02. The molecule has 4 nitrogen and oxygen atoms in total. The number of para-hydroxylation sites is 2. The number of halogens is 2. The minimum atomic E-state index is -1.00. The van der Waals surface area contributed by atoms with E-state index in [0.717, 1.165) is 23.2 Å². The van der Waals surface area contributed by atoms with Gasteiger partial charge in [-0.05, 0) is 24.3 Å². The Labute approximate surface area is 147 Å². The average molecular weight is 359 g/mol. The van der Waals surface area contributed by atoms with Crippen LogP contribution < -0.4 is 5.32 Å². The summed E-state index contributed by atoms with van der Waals surface area (Å²) in [7, 11) is 0. The number of aromatic nitrogens is 2. The van der Waals surface area contributed by atoms with Gasteiger partial charge in [0.25, 0.3) is 0 Å². The molecular weight excluding hydrogens is 344 g/mol. The maximum Gasteiger partial charge on any atom is 0.234 e. The molecule has 1 heterocycles. The predicted molar refractivity (Wildman–Crippen MR) is 95.6 cm³/mol. The average Bonchev–Trinajstić information content (AvgIpc) is 2.95. The second kappa shape index (κ2) is 7.48. The van der Waals surface area contributed by atoms with Crippen molar-refractivity contribution in [2.24, 2.45) is 0 Å². The van der Waals surface area contributed by atoms with E-state index in [9.17, 15) is 13.6 Å². The minimum Gasteiger partial charge on any atom is -0.325 e. The summed E-state index contributed by atoms with van der Waals surface area (Å²) in [5, 5.41) is 3.24. The lowest BCUT2D eigenvalue weighted by molar-refractivity contribution is -0.113. The number of hydrogen-bond donors (Lipinski definition) is 1. The molecule has 1 aromatic heterocycles. The standard InChI is InChI=1S/C18H15F2N3OS/c1-2-9-23-16-6-4-3-5-15(16)22-18(23)25-11-17(24)21-12-7-8-13(19)14(20)10-12/h2-8,10H,1,9,11H2,(H,21,24). The Kier molecular flexibility index (Phi) is 5.14. The van der Waals surface area contributed by atoms with Gasteiger partial charge in [0, 0.05) is 18.3 Å². The Morgan fingerprint density at radius 1 is 1.24 bits per heavy atom. The molecule has 0 saturated carbocycles. The van der Waals surface area contributed by atoms with Crippen molar-refractivity contribution in [3.63, 3.8) is 0 Å². The minimum absolute atomic E-state index is 0.0967. The number of hydrogen-bond acceptors (Lipinski definition) is 3. The first kappa shape index (κ1) is 17.2. The van der Waals surface area contributed by atoms with Crippen molar-refractivity contribution in [1.29, 1.82) is 0 Å². The number of benzene rings is 2. The third kappa shape index (κ3) is 3.88. The number of carbonyl (C=O) groups is 1. The van der Waals surface area contributed by atoms with Gasteiger partial charge in [0.1, 0.15) is 0 Å². The van der Waals surface area contributed by atoms with Crippen molar-refractivity contribution >= 4 is 34.4 Å². The predicted octanol–water partition coefficient (Wildman–Crippen LogP) is 4.23. The lowest BCUT2D eigenvalue weighted by Crippen LogP contribution is -2.14. The van der Waals surface area contributed by atoms with E-state index < -0.39 is 11.6 Å². The number of thioether (sulfide) groups is 1. The van der Waals surface area contributed by atoms with Crippen molar-refractivity contribution in [2.75, 3.05) is 11.1 Å². The number of imidazole rings is 1. The van der Waals surface area contributed by atoms with Crippen molar-refractivity contribution in [2.45, 2.75) is 11.7 Å². The van der Waals surface area contributed by atoms with E-state index in [1.54, 1.807) is 6.08 Å². The molecule has 0 atom stereocenters. The van der Waals surface area contributed by atoms with Gasteiger partial charge < -0.3 is 9.88 Å². The van der Waals surface area contributed by atoms with Crippen LogP contribution in [0.15, 0.2) is 60.3 Å². The van der Waals surface area contributed by atoms with Gasteiger partial charge in [0.2, 0.25) is 5.91 Å². The van der Waals surface area contributed by atoms with Gasteiger partial charge in [-0.25, -0.2) is 13.8 Å². The summed E-state index contributed by atoms with van der Waals surface area (Å²) in [6.45, 7) is 4.32. The molecule has 0 fully saturated rings. The monoisotopic (exact) mass is 359 g/mol. The highest BCUT2D eigenvalue weighted by molar-refractivity contribution is 7.99. The molecule has 1 amide bonds. The molecule has 3 rings (SSSR count). The van der Waals surface area contributed by atoms with E-state index in [0.29, 0.717) is 11.7 Å². The van der Waals surface area contributed by atoms with Crippen LogP contribution >= 0.6 is 11.8 Å². The first-order chi connectivity index (χ1) is 12.1. The van der Waals surface area contributed by atoms with Crippen LogP contribution in [0.25, 0.3) is 11.0 Å². The zero-order valence-corrected chi connectivity index (χ0v) is 14.0. The summed E-state index contributed by atoms with van der Waals surface area (Å²) >= 11 is 1.27. The maximum atomic E-state index is 13.2. The largest absolute Gasteiger partial charge is 0.325 e. The zero-order chi connectivity index (χ0) is 17.8. The second-order valence-electron chi connectivity index (χ2n) is 5.25. The third-order valence-electron chi connectivity index (χ3n) is 3.47. The number of fused-ring (bicyclic) bond motifs is 1. The number of anilines is 1. The maximum absolute atomic E-state index is 13.2. The Balaban J connectivity index is 1.71. The van der Waals surface area contributed by atoms with Crippen LogP contribution in [0.3, 0.4) is 0 Å². The van der Waals surface area contributed by atoms with Gasteiger partial charge in [-0.15, -0.1) is 6.58 Å². The molecule has 2 aromatic carbocycles. The molecule has 128 valence electrons. The Morgan fingerprint density at radius 2 is 2.04 bits per heavy atom. The lowest BCUT2D eigenvalue weighted by Gasteiger charge is -2.07. The van der Waals surface area contributed by atoms with Gasteiger partial charge in [0.05, 0.1) is 16.8 Å². The van der Waals surface area contributed by atoms with Crippen LogP contribution in [0.5, 0.6) is 0 Å². The molecule has 0 bridgehead atoms. The fourth-order valence-corrected chi connectivity index (χ4v) is 3.19. The van der Waals surface area contributed by atoms with Gasteiger partial charge in [-0.1, -0.05) is 30.0 Å². The molecule has 0 spiro atoms. The summed E-state index contributed by atoms with van der Waals surface area (Å²) in [5.74, 6) is -2.18. The van der Waals surface area contributed by atoms with E-state index in [4.69, 9.17) is 0 Å².